The fourth-order valence-corrected chi connectivity index (χ4v) is 6.96. The average molecular weight is 587 g/mol. The van der Waals surface area contributed by atoms with Gasteiger partial charge in [-0.25, -0.2) is 8.42 Å². The Kier molecular flexibility index (Phi) is 17.9. The van der Waals surface area contributed by atoms with E-state index in [-0.39, 0.29) is 21.3 Å². The van der Waals surface area contributed by atoms with Gasteiger partial charge in [-0.15, -0.1) is 0 Å². The van der Waals surface area contributed by atoms with Crippen LogP contribution in [0.25, 0.3) is 0 Å². The minimum absolute atomic E-state index is 0.159. The van der Waals surface area contributed by atoms with Gasteiger partial charge >= 0.3 is 0 Å². The van der Waals surface area contributed by atoms with E-state index in [9.17, 15) is 18.6 Å². The molecule has 0 saturated carbocycles. The third-order valence-corrected chi connectivity index (χ3v) is 10.1. The second-order valence-electron chi connectivity index (χ2n) is 11.9. The number of sulfone groups is 1. The highest BCUT2D eigenvalue weighted by molar-refractivity contribution is 7.91. The lowest BCUT2D eigenvalue weighted by Gasteiger charge is -2.11. The standard InChI is InChI=1S/C36H58O4S/c1-3-5-7-9-11-13-15-17-19-21-23-31-29-33(25-27-35(31)37)41(39,40)34-26-28-36(38)32(30-34)24-22-20-18-16-14-12-10-8-6-4-2/h25-30,37-38H,3-24H2,1-2H3. The predicted molar refractivity (Wildman–Crippen MR) is 173 cm³/mol. The van der Waals surface area contributed by atoms with Crippen LogP contribution in [0, 0.1) is 0 Å². The zero-order valence-electron chi connectivity index (χ0n) is 26.1. The molecule has 0 spiro atoms. The van der Waals surface area contributed by atoms with Gasteiger partial charge in [0.2, 0.25) is 9.84 Å². The van der Waals surface area contributed by atoms with Crippen molar-refractivity contribution in [3.05, 3.63) is 47.5 Å². The van der Waals surface area contributed by atoms with Gasteiger partial charge in [0.1, 0.15) is 11.5 Å². The molecular formula is C36H58O4S. The molecule has 4 nitrogen and oxygen atoms in total. The number of hydrogen-bond donors (Lipinski definition) is 2. The number of aromatic hydroxyl groups is 2. The Balaban J connectivity index is 1.83. The minimum atomic E-state index is -3.74. The topological polar surface area (TPSA) is 74.6 Å². The first-order valence-electron chi connectivity index (χ1n) is 16.8. The maximum absolute atomic E-state index is 13.5. The van der Waals surface area contributed by atoms with E-state index in [0.717, 1.165) is 25.7 Å². The first kappa shape index (κ1) is 35.2. The summed E-state index contributed by atoms with van der Waals surface area (Å²) in [6, 6.07) is 9.25. The Morgan fingerprint density at radius 3 is 1.07 bits per heavy atom. The molecule has 0 unspecified atom stereocenters. The molecule has 0 amide bonds. The van der Waals surface area contributed by atoms with E-state index < -0.39 is 9.84 Å². The SMILES string of the molecule is CCCCCCCCCCCCc1cc(S(=O)(=O)c2ccc(O)c(CCCCCCCCCCCC)c2)ccc1O. The summed E-state index contributed by atoms with van der Waals surface area (Å²) in [7, 11) is -3.74. The van der Waals surface area contributed by atoms with E-state index in [0.29, 0.717) is 24.0 Å². The Bertz CT molecular complexity index is 997. The van der Waals surface area contributed by atoms with Crippen molar-refractivity contribution in [1.29, 1.82) is 0 Å². The molecule has 5 heteroatoms. The van der Waals surface area contributed by atoms with E-state index in [2.05, 4.69) is 13.8 Å². The number of phenolic OH excluding ortho intramolecular Hbond substituents is 2. The Hall–Kier alpha value is -2.01. The predicted octanol–water partition coefficient (Wildman–Crippen LogP) is 10.9. The van der Waals surface area contributed by atoms with Gasteiger partial charge in [-0.1, -0.05) is 129 Å². The van der Waals surface area contributed by atoms with Gasteiger partial charge in [0.15, 0.2) is 0 Å². The van der Waals surface area contributed by atoms with Crippen LogP contribution >= 0.6 is 0 Å². The Morgan fingerprint density at radius 1 is 0.463 bits per heavy atom. The van der Waals surface area contributed by atoms with Crippen molar-refractivity contribution in [2.45, 2.75) is 165 Å². The molecule has 0 saturated heterocycles. The summed E-state index contributed by atoms with van der Waals surface area (Å²) < 4.78 is 27.0. The summed E-state index contributed by atoms with van der Waals surface area (Å²) in [4.78, 5) is 0.404. The summed E-state index contributed by atoms with van der Waals surface area (Å²) in [5.74, 6) is 0.319. The molecule has 2 aromatic rings. The van der Waals surface area contributed by atoms with Crippen molar-refractivity contribution in [3.8, 4) is 11.5 Å². The molecule has 41 heavy (non-hydrogen) atoms. The molecule has 0 fully saturated rings. The quantitative estimate of drug-likeness (QED) is 0.120. The zero-order chi connectivity index (χ0) is 29.8. The highest BCUT2D eigenvalue weighted by atomic mass is 32.2. The van der Waals surface area contributed by atoms with Crippen molar-refractivity contribution in [2.75, 3.05) is 0 Å². The van der Waals surface area contributed by atoms with Gasteiger partial charge < -0.3 is 10.2 Å². The van der Waals surface area contributed by atoms with Crippen LogP contribution in [0.3, 0.4) is 0 Å². The summed E-state index contributed by atoms with van der Waals surface area (Å²) in [6.07, 6.45) is 26.1. The van der Waals surface area contributed by atoms with Crippen LogP contribution in [-0.2, 0) is 22.7 Å². The van der Waals surface area contributed by atoms with Crippen LogP contribution < -0.4 is 0 Å². The lowest BCUT2D eigenvalue weighted by atomic mass is 10.0. The summed E-state index contributed by atoms with van der Waals surface area (Å²) in [5, 5.41) is 20.8. The van der Waals surface area contributed by atoms with E-state index in [1.54, 1.807) is 12.1 Å². The first-order valence-corrected chi connectivity index (χ1v) is 18.3. The lowest BCUT2D eigenvalue weighted by molar-refractivity contribution is 0.465. The monoisotopic (exact) mass is 586 g/mol. The smallest absolute Gasteiger partial charge is 0.206 e. The first-order chi connectivity index (χ1) is 19.9. The number of rotatable bonds is 24. The molecule has 0 atom stereocenters. The van der Waals surface area contributed by atoms with Crippen molar-refractivity contribution in [3.63, 3.8) is 0 Å². The normalized spacial score (nSPS) is 11.8. The largest absolute Gasteiger partial charge is 0.508 e. The van der Waals surface area contributed by atoms with Crippen LogP contribution in [0.1, 0.15) is 153 Å². The van der Waals surface area contributed by atoms with E-state index in [4.69, 9.17) is 0 Å². The summed E-state index contributed by atoms with van der Waals surface area (Å²) in [6.45, 7) is 4.49. The second kappa shape index (κ2) is 20.8. The van der Waals surface area contributed by atoms with Crippen LogP contribution in [-0.4, -0.2) is 18.6 Å². The molecule has 2 rings (SSSR count). The second-order valence-corrected chi connectivity index (χ2v) is 13.9. The zero-order valence-corrected chi connectivity index (χ0v) is 27.0. The third kappa shape index (κ3) is 13.7. The minimum Gasteiger partial charge on any atom is -0.508 e. The molecule has 2 aromatic carbocycles. The summed E-state index contributed by atoms with van der Waals surface area (Å²) in [5.41, 5.74) is 1.38. The van der Waals surface area contributed by atoms with E-state index in [1.807, 2.05) is 0 Å². The van der Waals surface area contributed by atoms with Gasteiger partial charge in [-0.05, 0) is 73.2 Å². The number of unbranched alkanes of at least 4 members (excludes halogenated alkanes) is 18. The molecule has 2 N–H and O–H groups in total. The van der Waals surface area contributed by atoms with Gasteiger partial charge in [0.25, 0.3) is 0 Å². The highest BCUT2D eigenvalue weighted by Crippen LogP contribution is 2.30. The highest BCUT2D eigenvalue weighted by Gasteiger charge is 2.20. The molecule has 0 aliphatic carbocycles. The fraction of sp³-hybridized carbons (Fsp3) is 0.667. The van der Waals surface area contributed by atoms with Gasteiger partial charge in [-0.3, -0.25) is 0 Å². The molecule has 0 aromatic heterocycles. The van der Waals surface area contributed by atoms with Gasteiger partial charge in [0.05, 0.1) is 9.79 Å². The molecule has 232 valence electrons. The number of aryl methyl sites for hydroxylation is 2. The third-order valence-electron chi connectivity index (χ3n) is 8.32. The fourth-order valence-electron chi connectivity index (χ4n) is 5.60. The van der Waals surface area contributed by atoms with Crippen LogP contribution in [0.5, 0.6) is 11.5 Å². The van der Waals surface area contributed by atoms with Crippen molar-refractivity contribution in [2.24, 2.45) is 0 Å². The lowest BCUT2D eigenvalue weighted by Crippen LogP contribution is -2.04. The maximum atomic E-state index is 13.5. The van der Waals surface area contributed by atoms with Gasteiger partial charge in [0, 0.05) is 0 Å². The molecular weight excluding hydrogens is 528 g/mol. The maximum Gasteiger partial charge on any atom is 0.206 e. The molecule has 0 aliphatic heterocycles. The molecule has 0 bridgehead atoms. The van der Waals surface area contributed by atoms with Crippen molar-refractivity contribution < 1.29 is 18.6 Å². The van der Waals surface area contributed by atoms with Gasteiger partial charge in [-0.2, -0.15) is 0 Å². The van der Waals surface area contributed by atoms with E-state index in [1.165, 1.54) is 127 Å². The van der Waals surface area contributed by atoms with Crippen LogP contribution in [0.2, 0.25) is 0 Å². The molecule has 0 radical (unpaired) electrons. The Morgan fingerprint density at radius 2 is 0.756 bits per heavy atom. The average Bonchev–Trinajstić information content (AvgIpc) is 2.96. The van der Waals surface area contributed by atoms with Crippen molar-refractivity contribution >= 4 is 9.84 Å². The Labute approximate surface area is 251 Å². The number of phenols is 2. The molecule has 0 heterocycles. The van der Waals surface area contributed by atoms with Crippen molar-refractivity contribution in [1.82, 2.24) is 0 Å². The number of hydrogen-bond acceptors (Lipinski definition) is 4. The van der Waals surface area contributed by atoms with E-state index >= 15 is 0 Å². The number of benzene rings is 2. The van der Waals surface area contributed by atoms with Crippen LogP contribution in [0.4, 0.5) is 0 Å². The molecule has 0 aliphatic rings. The summed E-state index contributed by atoms with van der Waals surface area (Å²) >= 11 is 0. The van der Waals surface area contributed by atoms with Crippen LogP contribution in [0.15, 0.2) is 46.2 Å².